The second-order valence-corrected chi connectivity index (χ2v) is 4.45. The Morgan fingerprint density at radius 3 is 3.19 bits per heavy atom. The van der Waals surface area contributed by atoms with Crippen molar-refractivity contribution in [1.29, 1.82) is 0 Å². The Bertz CT molecular complexity index is 346. The van der Waals surface area contributed by atoms with Gasteiger partial charge in [0.1, 0.15) is 5.15 Å². The lowest BCUT2D eigenvalue weighted by atomic mass is 10.1. The lowest BCUT2D eigenvalue weighted by molar-refractivity contribution is -0.0132. The van der Waals surface area contributed by atoms with Gasteiger partial charge in [0.05, 0.1) is 18.9 Å². The Balaban J connectivity index is 2.02. The van der Waals surface area contributed by atoms with Crippen LogP contribution in [0.5, 0.6) is 0 Å². The molecule has 0 bridgehead atoms. The van der Waals surface area contributed by atoms with E-state index in [-0.39, 0.29) is 0 Å². The first kappa shape index (κ1) is 11.8. The van der Waals surface area contributed by atoms with Crippen molar-refractivity contribution >= 4 is 11.6 Å². The van der Waals surface area contributed by atoms with Crippen LogP contribution in [0, 0.1) is 0 Å². The minimum atomic E-state index is 0.509. The molecule has 1 aliphatic rings. The highest BCUT2D eigenvalue weighted by Gasteiger charge is 2.21. The van der Waals surface area contributed by atoms with Crippen LogP contribution in [0.2, 0.25) is 5.15 Å². The Morgan fingerprint density at radius 2 is 2.44 bits per heavy atom. The molecule has 1 aromatic rings. The Kier molecular flexibility index (Phi) is 4.16. The first-order valence-electron chi connectivity index (χ1n) is 5.73. The van der Waals surface area contributed by atoms with Gasteiger partial charge < -0.3 is 4.74 Å². The highest BCUT2D eigenvalue weighted by atomic mass is 35.5. The molecule has 0 saturated carbocycles. The average Bonchev–Trinajstić information content (AvgIpc) is 2.30. The molecule has 1 atom stereocenters. The van der Waals surface area contributed by atoms with Crippen molar-refractivity contribution < 1.29 is 4.74 Å². The highest BCUT2D eigenvalue weighted by molar-refractivity contribution is 6.29. The average molecular weight is 241 g/mol. The molecular formula is C12H17ClN2O. The third-order valence-electron chi connectivity index (χ3n) is 2.96. The van der Waals surface area contributed by atoms with Gasteiger partial charge in [-0.05, 0) is 18.6 Å². The maximum absolute atomic E-state index is 5.88. The minimum Gasteiger partial charge on any atom is -0.378 e. The van der Waals surface area contributed by atoms with E-state index in [0.29, 0.717) is 11.2 Å². The number of morpholine rings is 1. The van der Waals surface area contributed by atoms with E-state index < -0.39 is 0 Å². The van der Waals surface area contributed by atoms with Crippen molar-refractivity contribution in [2.45, 2.75) is 25.9 Å². The lowest BCUT2D eigenvalue weighted by Crippen LogP contribution is -2.44. The summed E-state index contributed by atoms with van der Waals surface area (Å²) in [7, 11) is 0. The second-order valence-electron chi connectivity index (χ2n) is 4.06. The standard InChI is InChI=1S/C12H17ClN2O/c1-2-11-9-16-7-6-15(11)8-10-4-3-5-12(13)14-10/h3-5,11H,2,6-9H2,1H3. The molecule has 0 N–H and O–H groups in total. The number of nitrogens with zero attached hydrogens (tertiary/aromatic N) is 2. The fourth-order valence-corrected chi connectivity index (χ4v) is 2.20. The molecule has 0 aliphatic carbocycles. The summed E-state index contributed by atoms with van der Waals surface area (Å²) in [4.78, 5) is 6.74. The number of aromatic nitrogens is 1. The molecule has 1 unspecified atom stereocenters. The van der Waals surface area contributed by atoms with Gasteiger partial charge in [0, 0.05) is 19.1 Å². The molecule has 0 aromatic carbocycles. The minimum absolute atomic E-state index is 0.509. The van der Waals surface area contributed by atoms with Gasteiger partial charge in [0.2, 0.25) is 0 Å². The monoisotopic (exact) mass is 240 g/mol. The maximum Gasteiger partial charge on any atom is 0.129 e. The number of pyridine rings is 1. The third kappa shape index (κ3) is 2.94. The molecule has 0 spiro atoms. The summed E-state index contributed by atoms with van der Waals surface area (Å²) in [5.41, 5.74) is 1.04. The van der Waals surface area contributed by atoms with Crippen molar-refractivity contribution in [2.75, 3.05) is 19.8 Å². The van der Waals surface area contributed by atoms with Gasteiger partial charge in [-0.3, -0.25) is 4.90 Å². The first-order valence-corrected chi connectivity index (χ1v) is 6.10. The van der Waals surface area contributed by atoms with Crippen molar-refractivity contribution in [2.24, 2.45) is 0 Å². The van der Waals surface area contributed by atoms with E-state index in [0.717, 1.165) is 38.4 Å². The number of halogens is 1. The van der Waals surface area contributed by atoms with Gasteiger partial charge in [-0.15, -0.1) is 0 Å². The van der Waals surface area contributed by atoms with E-state index in [4.69, 9.17) is 16.3 Å². The van der Waals surface area contributed by atoms with Crippen LogP contribution in [-0.2, 0) is 11.3 Å². The molecule has 3 nitrogen and oxygen atoms in total. The van der Waals surface area contributed by atoms with Gasteiger partial charge in [-0.25, -0.2) is 4.98 Å². The molecule has 0 amide bonds. The van der Waals surface area contributed by atoms with Crippen LogP contribution in [0.1, 0.15) is 19.0 Å². The van der Waals surface area contributed by atoms with Crippen LogP contribution in [0.4, 0.5) is 0 Å². The van der Waals surface area contributed by atoms with E-state index in [1.54, 1.807) is 0 Å². The summed E-state index contributed by atoms with van der Waals surface area (Å²) >= 11 is 5.88. The third-order valence-corrected chi connectivity index (χ3v) is 3.17. The SMILES string of the molecule is CCC1COCCN1Cc1cccc(Cl)n1. The van der Waals surface area contributed by atoms with E-state index in [9.17, 15) is 0 Å². The van der Waals surface area contributed by atoms with Crippen LogP contribution in [0.3, 0.4) is 0 Å². The van der Waals surface area contributed by atoms with Crippen molar-refractivity contribution in [3.8, 4) is 0 Å². The van der Waals surface area contributed by atoms with Gasteiger partial charge >= 0.3 is 0 Å². The van der Waals surface area contributed by atoms with Crippen molar-refractivity contribution in [3.63, 3.8) is 0 Å². The fraction of sp³-hybridized carbons (Fsp3) is 0.583. The molecular weight excluding hydrogens is 224 g/mol. The fourth-order valence-electron chi connectivity index (χ4n) is 2.02. The molecule has 16 heavy (non-hydrogen) atoms. The Labute approximate surface area is 101 Å². The van der Waals surface area contributed by atoms with Crippen molar-refractivity contribution in [1.82, 2.24) is 9.88 Å². The normalized spacial score (nSPS) is 22.2. The van der Waals surface area contributed by atoms with Crippen LogP contribution in [0.15, 0.2) is 18.2 Å². The lowest BCUT2D eigenvalue weighted by Gasteiger charge is -2.34. The summed E-state index contributed by atoms with van der Waals surface area (Å²) in [6, 6.07) is 6.29. The van der Waals surface area contributed by atoms with Crippen LogP contribution < -0.4 is 0 Å². The van der Waals surface area contributed by atoms with Crippen LogP contribution in [-0.4, -0.2) is 35.7 Å². The Hall–Kier alpha value is -0.640. The van der Waals surface area contributed by atoms with E-state index in [2.05, 4.69) is 16.8 Å². The largest absolute Gasteiger partial charge is 0.378 e. The molecule has 88 valence electrons. The molecule has 2 heterocycles. The summed E-state index contributed by atoms with van der Waals surface area (Å²) < 4.78 is 5.48. The van der Waals surface area contributed by atoms with E-state index in [1.165, 1.54) is 0 Å². The quantitative estimate of drug-likeness (QED) is 0.759. The number of ether oxygens (including phenoxy) is 1. The van der Waals surface area contributed by atoms with E-state index >= 15 is 0 Å². The summed E-state index contributed by atoms with van der Waals surface area (Å²) in [6.45, 7) is 5.68. The Morgan fingerprint density at radius 1 is 1.56 bits per heavy atom. The molecule has 1 fully saturated rings. The van der Waals surface area contributed by atoms with Crippen molar-refractivity contribution in [3.05, 3.63) is 29.0 Å². The molecule has 1 aromatic heterocycles. The zero-order valence-electron chi connectivity index (χ0n) is 9.53. The number of hydrogen-bond acceptors (Lipinski definition) is 3. The van der Waals surface area contributed by atoms with E-state index in [1.807, 2.05) is 18.2 Å². The zero-order chi connectivity index (χ0) is 11.4. The van der Waals surface area contributed by atoms with Crippen LogP contribution in [0.25, 0.3) is 0 Å². The first-order chi connectivity index (χ1) is 7.79. The van der Waals surface area contributed by atoms with Gasteiger partial charge in [0.15, 0.2) is 0 Å². The van der Waals surface area contributed by atoms with Gasteiger partial charge in [-0.2, -0.15) is 0 Å². The number of rotatable bonds is 3. The summed E-state index contributed by atoms with van der Waals surface area (Å²) in [5, 5.41) is 0.568. The smallest absolute Gasteiger partial charge is 0.129 e. The predicted molar refractivity (Wildman–Crippen MR) is 64.6 cm³/mol. The predicted octanol–water partition coefficient (Wildman–Crippen LogP) is 2.35. The zero-order valence-corrected chi connectivity index (χ0v) is 10.3. The van der Waals surface area contributed by atoms with Gasteiger partial charge in [0.25, 0.3) is 0 Å². The molecule has 2 rings (SSSR count). The molecule has 1 saturated heterocycles. The summed E-state index contributed by atoms with van der Waals surface area (Å²) in [6.07, 6.45) is 1.11. The number of hydrogen-bond donors (Lipinski definition) is 0. The van der Waals surface area contributed by atoms with Gasteiger partial charge in [-0.1, -0.05) is 24.6 Å². The molecule has 0 radical (unpaired) electrons. The molecule has 4 heteroatoms. The topological polar surface area (TPSA) is 25.4 Å². The second kappa shape index (κ2) is 5.62. The molecule has 1 aliphatic heterocycles. The van der Waals surface area contributed by atoms with Crippen LogP contribution >= 0.6 is 11.6 Å². The summed E-state index contributed by atoms with van der Waals surface area (Å²) in [5.74, 6) is 0. The highest BCUT2D eigenvalue weighted by Crippen LogP contribution is 2.14. The maximum atomic E-state index is 5.88.